The van der Waals surface area contributed by atoms with E-state index in [9.17, 15) is 8.78 Å². The Kier molecular flexibility index (Phi) is 4.45. The fraction of sp³-hybridized carbons (Fsp3) is 0.538. The van der Waals surface area contributed by atoms with Gasteiger partial charge in [0.2, 0.25) is 0 Å². The lowest BCUT2D eigenvalue weighted by Crippen LogP contribution is -2.37. The Morgan fingerprint density at radius 1 is 1.24 bits per heavy atom. The molecular formula is C13H17F2NO. The summed E-state index contributed by atoms with van der Waals surface area (Å²) < 4.78 is 31.2. The fourth-order valence-corrected chi connectivity index (χ4v) is 2.08. The molecule has 1 heterocycles. The Labute approximate surface area is 100.0 Å². The van der Waals surface area contributed by atoms with Crippen molar-refractivity contribution < 1.29 is 13.5 Å². The molecule has 0 aliphatic carbocycles. The van der Waals surface area contributed by atoms with Gasteiger partial charge in [-0.15, -0.1) is 0 Å². The number of rotatable bonds is 4. The summed E-state index contributed by atoms with van der Waals surface area (Å²) in [5.41, 5.74) is 0.687. The molecule has 0 bridgehead atoms. The molecule has 1 aromatic carbocycles. The molecule has 1 N–H and O–H groups in total. The molecule has 1 unspecified atom stereocenters. The number of hydrogen-bond acceptors (Lipinski definition) is 2. The molecule has 0 radical (unpaired) electrons. The number of nitrogens with one attached hydrogen (secondary N) is 1. The van der Waals surface area contributed by atoms with Gasteiger partial charge in [-0.1, -0.05) is 0 Å². The van der Waals surface area contributed by atoms with E-state index in [0.717, 1.165) is 38.7 Å². The van der Waals surface area contributed by atoms with Crippen LogP contribution >= 0.6 is 0 Å². The third-order valence-corrected chi connectivity index (χ3v) is 2.93. The van der Waals surface area contributed by atoms with Crippen LogP contribution in [0.25, 0.3) is 0 Å². The lowest BCUT2D eigenvalue weighted by atomic mass is 10.1. The lowest BCUT2D eigenvalue weighted by Gasteiger charge is -2.23. The highest BCUT2D eigenvalue weighted by Crippen LogP contribution is 2.09. The zero-order valence-electron chi connectivity index (χ0n) is 9.72. The van der Waals surface area contributed by atoms with Gasteiger partial charge in [0.05, 0.1) is 6.61 Å². The van der Waals surface area contributed by atoms with Crippen LogP contribution < -0.4 is 5.32 Å². The second kappa shape index (κ2) is 6.07. The molecule has 1 aliphatic heterocycles. The largest absolute Gasteiger partial charge is 0.380 e. The van der Waals surface area contributed by atoms with Crippen molar-refractivity contribution in [3.05, 3.63) is 35.4 Å². The Morgan fingerprint density at radius 2 is 2.00 bits per heavy atom. The Hall–Kier alpha value is -1.00. The number of ether oxygens (including phenoxy) is 1. The van der Waals surface area contributed by atoms with Gasteiger partial charge in [0.25, 0.3) is 0 Å². The van der Waals surface area contributed by atoms with Crippen LogP contribution in [0.4, 0.5) is 8.78 Å². The summed E-state index contributed by atoms with van der Waals surface area (Å²) in [7, 11) is 0. The molecule has 1 aromatic rings. The highest BCUT2D eigenvalue weighted by atomic mass is 19.1. The number of benzene rings is 1. The summed E-state index contributed by atoms with van der Waals surface area (Å²) in [6.07, 6.45) is 2.81. The molecule has 17 heavy (non-hydrogen) atoms. The van der Waals surface area contributed by atoms with Crippen LogP contribution in [0.2, 0.25) is 0 Å². The smallest absolute Gasteiger partial charge is 0.126 e. The van der Waals surface area contributed by atoms with Crippen LogP contribution in [0.3, 0.4) is 0 Å². The molecule has 4 heteroatoms. The van der Waals surface area contributed by atoms with Crippen LogP contribution in [0.15, 0.2) is 18.2 Å². The molecule has 0 spiro atoms. The SMILES string of the molecule is Fc1cc(F)cc(CCNC2CCCOC2)c1. The van der Waals surface area contributed by atoms with Crippen molar-refractivity contribution in [3.63, 3.8) is 0 Å². The minimum Gasteiger partial charge on any atom is -0.380 e. The van der Waals surface area contributed by atoms with Gasteiger partial charge in [0.15, 0.2) is 0 Å². The first-order valence-electron chi connectivity index (χ1n) is 6.00. The average Bonchev–Trinajstić information content (AvgIpc) is 2.29. The first-order chi connectivity index (χ1) is 8.24. The molecule has 1 aliphatic rings. The first-order valence-corrected chi connectivity index (χ1v) is 6.00. The summed E-state index contributed by atoms with van der Waals surface area (Å²) >= 11 is 0. The van der Waals surface area contributed by atoms with Crippen molar-refractivity contribution in [2.45, 2.75) is 25.3 Å². The molecule has 94 valence electrons. The van der Waals surface area contributed by atoms with Gasteiger partial charge in [-0.3, -0.25) is 0 Å². The molecule has 2 nitrogen and oxygen atoms in total. The molecule has 1 fully saturated rings. The van der Waals surface area contributed by atoms with E-state index < -0.39 is 11.6 Å². The standard InChI is InChI=1S/C13H17F2NO/c14-11-6-10(7-12(15)8-11)3-4-16-13-2-1-5-17-9-13/h6-8,13,16H,1-5,9H2. The minimum atomic E-state index is -0.513. The Balaban J connectivity index is 1.77. The molecule has 1 saturated heterocycles. The van der Waals surface area contributed by atoms with Gasteiger partial charge < -0.3 is 10.1 Å². The van der Waals surface area contributed by atoms with Gasteiger partial charge >= 0.3 is 0 Å². The number of hydrogen-bond donors (Lipinski definition) is 1. The van der Waals surface area contributed by atoms with Gasteiger partial charge in [0, 0.05) is 18.7 Å². The minimum absolute atomic E-state index is 0.377. The van der Waals surface area contributed by atoms with Gasteiger partial charge in [-0.25, -0.2) is 8.78 Å². The predicted octanol–water partition coefficient (Wildman–Crippen LogP) is 2.28. The second-order valence-corrected chi connectivity index (χ2v) is 4.40. The molecule has 0 amide bonds. The zero-order valence-corrected chi connectivity index (χ0v) is 9.72. The van der Waals surface area contributed by atoms with Crippen LogP contribution in [-0.4, -0.2) is 25.8 Å². The molecule has 0 aromatic heterocycles. The summed E-state index contributed by atoms with van der Waals surface area (Å²) in [5.74, 6) is -1.03. The van der Waals surface area contributed by atoms with E-state index in [4.69, 9.17) is 4.74 Å². The third-order valence-electron chi connectivity index (χ3n) is 2.93. The van der Waals surface area contributed by atoms with Crippen LogP contribution in [-0.2, 0) is 11.2 Å². The quantitative estimate of drug-likeness (QED) is 0.873. The molecule has 1 atom stereocenters. The van der Waals surface area contributed by atoms with Crippen molar-refractivity contribution in [1.82, 2.24) is 5.32 Å². The van der Waals surface area contributed by atoms with Gasteiger partial charge in [-0.2, -0.15) is 0 Å². The fourth-order valence-electron chi connectivity index (χ4n) is 2.08. The maximum absolute atomic E-state index is 12.9. The molecular weight excluding hydrogens is 224 g/mol. The van der Waals surface area contributed by atoms with Crippen LogP contribution in [0, 0.1) is 11.6 Å². The highest BCUT2D eigenvalue weighted by Gasteiger charge is 2.12. The van der Waals surface area contributed by atoms with E-state index in [0.29, 0.717) is 18.0 Å². The van der Waals surface area contributed by atoms with Crippen molar-refractivity contribution >= 4 is 0 Å². The van der Waals surface area contributed by atoms with E-state index in [-0.39, 0.29) is 0 Å². The zero-order chi connectivity index (χ0) is 12.1. The summed E-state index contributed by atoms with van der Waals surface area (Å²) in [4.78, 5) is 0. The van der Waals surface area contributed by atoms with Crippen molar-refractivity contribution in [2.75, 3.05) is 19.8 Å². The van der Waals surface area contributed by atoms with Gasteiger partial charge in [0.1, 0.15) is 11.6 Å². The van der Waals surface area contributed by atoms with E-state index in [2.05, 4.69) is 5.32 Å². The van der Waals surface area contributed by atoms with Crippen LogP contribution in [0.5, 0.6) is 0 Å². The van der Waals surface area contributed by atoms with E-state index in [1.165, 1.54) is 12.1 Å². The van der Waals surface area contributed by atoms with E-state index >= 15 is 0 Å². The maximum atomic E-state index is 12.9. The van der Waals surface area contributed by atoms with Crippen molar-refractivity contribution in [3.8, 4) is 0 Å². The highest BCUT2D eigenvalue weighted by molar-refractivity contribution is 5.18. The van der Waals surface area contributed by atoms with Crippen LogP contribution in [0.1, 0.15) is 18.4 Å². The maximum Gasteiger partial charge on any atom is 0.126 e. The monoisotopic (exact) mass is 241 g/mol. The Bertz CT molecular complexity index is 344. The van der Waals surface area contributed by atoms with E-state index in [1.54, 1.807) is 0 Å². The summed E-state index contributed by atoms with van der Waals surface area (Å²) in [5, 5.41) is 3.34. The normalized spacial score (nSPS) is 20.5. The van der Waals surface area contributed by atoms with Crippen molar-refractivity contribution in [2.24, 2.45) is 0 Å². The molecule has 2 rings (SSSR count). The first kappa shape index (κ1) is 12.5. The number of halogens is 2. The summed E-state index contributed by atoms with van der Waals surface area (Å²) in [6.45, 7) is 2.29. The van der Waals surface area contributed by atoms with Gasteiger partial charge in [-0.05, 0) is 43.5 Å². The summed E-state index contributed by atoms with van der Waals surface area (Å²) in [6, 6.07) is 4.03. The Morgan fingerprint density at radius 3 is 2.65 bits per heavy atom. The topological polar surface area (TPSA) is 21.3 Å². The average molecular weight is 241 g/mol. The predicted molar refractivity (Wildman–Crippen MR) is 61.9 cm³/mol. The van der Waals surface area contributed by atoms with Crippen molar-refractivity contribution in [1.29, 1.82) is 0 Å². The molecule has 0 saturated carbocycles. The lowest BCUT2D eigenvalue weighted by molar-refractivity contribution is 0.0707. The van der Waals surface area contributed by atoms with E-state index in [1.807, 2.05) is 0 Å². The second-order valence-electron chi connectivity index (χ2n) is 4.40. The third kappa shape index (κ3) is 4.06.